The third-order valence-electron chi connectivity index (χ3n) is 6.38. The molecule has 8 nitrogen and oxygen atoms in total. The number of nitrogens with zero attached hydrogens (tertiary/aromatic N) is 3. The Morgan fingerprint density at radius 2 is 1.87 bits per heavy atom. The van der Waals surface area contributed by atoms with Gasteiger partial charge in [-0.3, -0.25) is 9.59 Å². The first-order chi connectivity index (χ1) is 14.9. The van der Waals surface area contributed by atoms with Crippen molar-refractivity contribution < 1.29 is 22.7 Å². The minimum Gasteiger partial charge on any atom is -0.497 e. The zero-order valence-electron chi connectivity index (χ0n) is 17.8. The van der Waals surface area contributed by atoms with Crippen LogP contribution in [0.15, 0.2) is 29.4 Å². The van der Waals surface area contributed by atoms with Crippen molar-refractivity contribution in [2.24, 2.45) is 5.10 Å². The number of likely N-dealkylation sites (tertiary alicyclic amines) is 1. The Labute approximate surface area is 183 Å². The molecule has 0 aromatic heterocycles. The molecule has 3 heterocycles. The lowest BCUT2D eigenvalue weighted by molar-refractivity contribution is -0.134. The van der Waals surface area contributed by atoms with Crippen LogP contribution >= 0.6 is 0 Å². The van der Waals surface area contributed by atoms with Crippen LogP contribution in [-0.2, 0) is 19.4 Å². The number of rotatable bonds is 4. The normalized spacial score (nSPS) is 26.4. The second-order valence-electron chi connectivity index (χ2n) is 8.48. The monoisotopic (exact) mass is 447 g/mol. The topological polar surface area (TPSA) is 96.3 Å². The van der Waals surface area contributed by atoms with Crippen LogP contribution in [0.4, 0.5) is 0 Å². The Morgan fingerprint density at radius 1 is 1.10 bits per heavy atom. The summed E-state index contributed by atoms with van der Waals surface area (Å²) in [6, 6.07) is 7.28. The van der Waals surface area contributed by atoms with E-state index in [1.165, 1.54) is 5.01 Å². The second-order valence-corrected chi connectivity index (χ2v) is 10.7. The molecule has 0 unspecified atom stereocenters. The summed E-state index contributed by atoms with van der Waals surface area (Å²) in [5.41, 5.74) is 1.41. The average molecular weight is 448 g/mol. The molecule has 2 amide bonds. The van der Waals surface area contributed by atoms with Crippen molar-refractivity contribution in [3.63, 3.8) is 0 Å². The molecule has 0 bridgehead atoms. The molecule has 2 saturated heterocycles. The summed E-state index contributed by atoms with van der Waals surface area (Å²) in [7, 11) is -1.53. The van der Waals surface area contributed by atoms with Crippen LogP contribution < -0.4 is 4.74 Å². The van der Waals surface area contributed by atoms with Crippen LogP contribution in [0.1, 0.15) is 56.6 Å². The summed E-state index contributed by atoms with van der Waals surface area (Å²) in [5.74, 6) is 0.392. The van der Waals surface area contributed by atoms with Gasteiger partial charge in [-0.2, -0.15) is 5.10 Å². The molecule has 0 radical (unpaired) electrons. The predicted molar refractivity (Wildman–Crippen MR) is 116 cm³/mol. The zero-order chi connectivity index (χ0) is 22.0. The standard InChI is InChI=1S/C22H29N3O5S/c1-30-18-8-6-16(7-9-18)20-5-3-2-4-13-24(20)22(27)19-10-11-21(26)25(23-19)17-12-14-31(28,29)15-17/h6-9,17,20H,2-5,10-15H2,1H3/t17-,20-/m0/s1. The molecule has 4 rings (SSSR count). The van der Waals surface area contributed by atoms with Gasteiger partial charge in [0, 0.05) is 19.4 Å². The molecule has 0 aliphatic carbocycles. The highest BCUT2D eigenvalue weighted by Crippen LogP contribution is 2.32. The predicted octanol–water partition coefficient (Wildman–Crippen LogP) is 2.30. The van der Waals surface area contributed by atoms with Gasteiger partial charge in [-0.25, -0.2) is 13.4 Å². The van der Waals surface area contributed by atoms with Gasteiger partial charge in [0.1, 0.15) is 11.5 Å². The summed E-state index contributed by atoms with van der Waals surface area (Å²) in [4.78, 5) is 27.8. The fourth-order valence-corrected chi connectivity index (χ4v) is 6.36. The van der Waals surface area contributed by atoms with E-state index in [2.05, 4.69) is 5.10 Å². The van der Waals surface area contributed by atoms with E-state index in [9.17, 15) is 18.0 Å². The number of benzene rings is 1. The fourth-order valence-electron chi connectivity index (χ4n) is 4.67. The first-order valence-corrected chi connectivity index (χ1v) is 12.7. The third kappa shape index (κ3) is 4.76. The van der Waals surface area contributed by atoms with Crippen LogP contribution in [-0.4, -0.2) is 67.1 Å². The van der Waals surface area contributed by atoms with Crippen molar-refractivity contribution in [3.05, 3.63) is 29.8 Å². The number of hydrazone groups is 1. The van der Waals surface area contributed by atoms with Crippen molar-refractivity contribution in [2.45, 2.75) is 57.0 Å². The summed E-state index contributed by atoms with van der Waals surface area (Å²) in [6.07, 6.45) is 4.74. The molecular formula is C22H29N3O5S. The molecule has 0 N–H and O–H groups in total. The van der Waals surface area contributed by atoms with Gasteiger partial charge in [0.25, 0.3) is 5.91 Å². The van der Waals surface area contributed by atoms with Gasteiger partial charge in [-0.1, -0.05) is 25.0 Å². The highest BCUT2D eigenvalue weighted by molar-refractivity contribution is 7.91. The Balaban J connectivity index is 1.58. The molecule has 1 aromatic rings. The van der Waals surface area contributed by atoms with Gasteiger partial charge < -0.3 is 9.64 Å². The molecule has 2 atom stereocenters. The molecule has 0 spiro atoms. The van der Waals surface area contributed by atoms with Crippen molar-refractivity contribution in [1.82, 2.24) is 9.91 Å². The van der Waals surface area contributed by atoms with Gasteiger partial charge in [0.15, 0.2) is 9.84 Å². The van der Waals surface area contributed by atoms with Gasteiger partial charge in [0.05, 0.1) is 30.7 Å². The van der Waals surface area contributed by atoms with Crippen molar-refractivity contribution in [1.29, 1.82) is 0 Å². The maximum Gasteiger partial charge on any atom is 0.270 e. The molecule has 31 heavy (non-hydrogen) atoms. The fraction of sp³-hybridized carbons (Fsp3) is 0.591. The highest BCUT2D eigenvalue weighted by Gasteiger charge is 2.38. The highest BCUT2D eigenvalue weighted by atomic mass is 32.2. The van der Waals surface area contributed by atoms with E-state index in [1.807, 2.05) is 29.2 Å². The van der Waals surface area contributed by atoms with Crippen LogP contribution in [0.3, 0.4) is 0 Å². The number of methoxy groups -OCH3 is 1. The number of sulfone groups is 1. The first-order valence-electron chi connectivity index (χ1n) is 10.9. The van der Waals surface area contributed by atoms with Gasteiger partial charge in [0.2, 0.25) is 5.91 Å². The lowest BCUT2D eigenvalue weighted by Crippen LogP contribution is -2.46. The summed E-state index contributed by atoms with van der Waals surface area (Å²) in [5, 5.41) is 5.66. The summed E-state index contributed by atoms with van der Waals surface area (Å²) in [6.45, 7) is 0.639. The number of carbonyl (C=O) groups is 2. The van der Waals surface area contributed by atoms with Gasteiger partial charge in [-0.05, 0) is 37.0 Å². The van der Waals surface area contributed by atoms with E-state index < -0.39 is 15.9 Å². The number of carbonyl (C=O) groups excluding carboxylic acids is 2. The molecule has 3 aliphatic heterocycles. The van der Waals surface area contributed by atoms with E-state index in [4.69, 9.17) is 4.74 Å². The van der Waals surface area contributed by atoms with Crippen LogP contribution in [0.5, 0.6) is 5.75 Å². The Morgan fingerprint density at radius 3 is 2.55 bits per heavy atom. The number of amides is 2. The molecule has 0 saturated carbocycles. The maximum atomic E-state index is 13.5. The molecule has 2 fully saturated rings. The van der Waals surface area contributed by atoms with E-state index in [0.29, 0.717) is 25.1 Å². The van der Waals surface area contributed by atoms with E-state index >= 15 is 0 Å². The molecule has 1 aromatic carbocycles. The molecule has 3 aliphatic rings. The molecule has 9 heteroatoms. The minimum absolute atomic E-state index is 0.0541. The SMILES string of the molecule is COc1ccc([C@@H]2CCCCCN2C(=O)C2=NN([C@H]3CCS(=O)(=O)C3)C(=O)CC2)cc1. The lowest BCUT2D eigenvalue weighted by atomic mass is 9.99. The van der Waals surface area contributed by atoms with Crippen molar-refractivity contribution in [2.75, 3.05) is 25.2 Å². The van der Waals surface area contributed by atoms with Crippen molar-refractivity contribution in [3.8, 4) is 5.75 Å². The molecular weight excluding hydrogens is 418 g/mol. The van der Waals surface area contributed by atoms with E-state index in [0.717, 1.165) is 37.0 Å². The minimum atomic E-state index is -3.15. The van der Waals surface area contributed by atoms with E-state index in [-0.39, 0.29) is 35.8 Å². The number of ether oxygens (including phenoxy) is 1. The van der Waals surface area contributed by atoms with Crippen molar-refractivity contribution >= 4 is 27.4 Å². The smallest absolute Gasteiger partial charge is 0.270 e. The quantitative estimate of drug-likeness (QED) is 0.706. The Bertz CT molecular complexity index is 973. The van der Waals surface area contributed by atoms with Gasteiger partial charge in [-0.15, -0.1) is 0 Å². The number of hydrogen-bond acceptors (Lipinski definition) is 6. The van der Waals surface area contributed by atoms with Crippen LogP contribution in [0.2, 0.25) is 0 Å². The third-order valence-corrected chi connectivity index (χ3v) is 8.13. The average Bonchev–Trinajstić information content (AvgIpc) is 2.98. The second kappa shape index (κ2) is 8.98. The Kier molecular flexibility index (Phi) is 6.31. The van der Waals surface area contributed by atoms with Crippen LogP contribution in [0.25, 0.3) is 0 Å². The zero-order valence-corrected chi connectivity index (χ0v) is 18.6. The summed E-state index contributed by atoms with van der Waals surface area (Å²) >= 11 is 0. The molecule has 168 valence electrons. The first kappa shape index (κ1) is 21.8. The van der Waals surface area contributed by atoms with Crippen LogP contribution in [0, 0.1) is 0 Å². The van der Waals surface area contributed by atoms with Gasteiger partial charge >= 0.3 is 0 Å². The van der Waals surface area contributed by atoms with E-state index in [1.54, 1.807) is 7.11 Å². The number of hydrogen-bond donors (Lipinski definition) is 0. The lowest BCUT2D eigenvalue weighted by Gasteiger charge is -2.33. The largest absolute Gasteiger partial charge is 0.497 e. The Hall–Kier alpha value is -2.42. The maximum absolute atomic E-state index is 13.5. The summed E-state index contributed by atoms with van der Waals surface area (Å²) < 4.78 is 29.0.